The highest BCUT2D eigenvalue weighted by molar-refractivity contribution is 5.93. The average molecular weight is 268 g/mol. The Bertz CT molecular complexity index is 499. The van der Waals surface area contributed by atoms with Gasteiger partial charge in [-0.3, -0.25) is 10.1 Å². The van der Waals surface area contributed by atoms with Crippen molar-refractivity contribution in [2.75, 3.05) is 11.9 Å². The first kappa shape index (κ1) is 14.9. The van der Waals surface area contributed by atoms with Gasteiger partial charge in [0, 0.05) is 23.9 Å². The monoisotopic (exact) mass is 268 g/mol. The number of carboxylic acid groups (broad SMARTS) is 1. The predicted molar refractivity (Wildman–Crippen MR) is 69.5 cm³/mol. The van der Waals surface area contributed by atoms with Crippen molar-refractivity contribution in [2.45, 2.75) is 25.8 Å². The highest BCUT2D eigenvalue weighted by Crippen LogP contribution is 2.25. The topological polar surface area (TPSA) is 113 Å². The SMILES string of the molecule is CC(C)(CCO)Nc1ccc([N+](=O)[O-])c(C(=O)O)c1. The van der Waals surface area contributed by atoms with Crippen molar-refractivity contribution in [1.82, 2.24) is 0 Å². The Morgan fingerprint density at radius 2 is 2.11 bits per heavy atom. The lowest BCUT2D eigenvalue weighted by Gasteiger charge is -2.26. The van der Waals surface area contributed by atoms with Crippen LogP contribution in [0.3, 0.4) is 0 Å². The van der Waals surface area contributed by atoms with Gasteiger partial charge in [-0.25, -0.2) is 4.79 Å². The lowest BCUT2D eigenvalue weighted by atomic mass is 10.0. The minimum absolute atomic E-state index is 0.0151. The fraction of sp³-hybridized carbons (Fsp3) is 0.417. The van der Waals surface area contributed by atoms with Crippen LogP contribution in [0.15, 0.2) is 18.2 Å². The summed E-state index contributed by atoms with van der Waals surface area (Å²) in [5, 5.41) is 31.6. The molecule has 0 amide bonds. The van der Waals surface area contributed by atoms with Gasteiger partial charge in [-0.1, -0.05) is 0 Å². The second-order valence-electron chi connectivity index (χ2n) is 4.78. The third-order valence-electron chi connectivity index (χ3n) is 2.64. The van der Waals surface area contributed by atoms with Gasteiger partial charge in [-0.05, 0) is 32.4 Å². The summed E-state index contributed by atoms with van der Waals surface area (Å²) in [7, 11) is 0. The van der Waals surface area contributed by atoms with Gasteiger partial charge in [-0.2, -0.15) is 0 Å². The molecule has 7 heteroatoms. The smallest absolute Gasteiger partial charge is 0.342 e. The first-order valence-corrected chi connectivity index (χ1v) is 5.67. The van der Waals surface area contributed by atoms with E-state index < -0.39 is 22.1 Å². The first-order chi connectivity index (χ1) is 8.76. The highest BCUT2D eigenvalue weighted by atomic mass is 16.6. The number of rotatable bonds is 6. The van der Waals surface area contributed by atoms with Crippen molar-refractivity contribution >= 4 is 17.3 Å². The number of carboxylic acids is 1. The lowest BCUT2D eigenvalue weighted by molar-refractivity contribution is -0.385. The van der Waals surface area contributed by atoms with Gasteiger partial charge < -0.3 is 15.5 Å². The number of benzene rings is 1. The van der Waals surface area contributed by atoms with Crippen molar-refractivity contribution in [3.05, 3.63) is 33.9 Å². The van der Waals surface area contributed by atoms with Crippen molar-refractivity contribution < 1.29 is 19.9 Å². The molecule has 0 aliphatic carbocycles. The summed E-state index contributed by atoms with van der Waals surface area (Å²) in [5.74, 6) is -1.35. The molecule has 1 rings (SSSR count). The maximum absolute atomic E-state index is 11.0. The Morgan fingerprint density at radius 3 is 2.58 bits per heavy atom. The zero-order valence-electron chi connectivity index (χ0n) is 10.7. The second kappa shape index (κ2) is 5.66. The zero-order valence-corrected chi connectivity index (χ0v) is 10.7. The molecule has 7 nitrogen and oxygen atoms in total. The minimum atomic E-state index is -1.35. The minimum Gasteiger partial charge on any atom is -0.477 e. The Hall–Kier alpha value is -2.15. The molecule has 0 saturated heterocycles. The van der Waals surface area contributed by atoms with E-state index in [1.165, 1.54) is 12.1 Å². The standard InChI is InChI=1S/C12H16N2O5/c1-12(2,5-6-15)13-8-3-4-10(14(18)19)9(7-8)11(16)17/h3-4,7,13,15H,5-6H2,1-2H3,(H,16,17). The maximum atomic E-state index is 11.0. The van der Waals surface area contributed by atoms with E-state index in [9.17, 15) is 14.9 Å². The number of hydrogen-bond donors (Lipinski definition) is 3. The van der Waals surface area contributed by atoms with Crippen LogP contribution < -0.4 is 5.32 Å². The summed E-state index contributed by atoms with van der Waals surface area (Å²) in [6, 6.07) is 3.82. The molecule has 104 valence electrons. The molecule has 0 bridgehead atoms. The summed E-state index contributed by atoms with van der Waals surface area (Å²) in [5.41, 5.74) is -0.796. The Morgan fingerprint density at radius 1 is 1.47 bits per heavy atom. The number of aromatic carboxylic acids is 1. The van der Waals surface area contributed by atoms with E-state index in [0.717, 1.165) is 6.07 Å². The fourth-order valence-corrected chi connectivity index (χ4v) is 1.68. The van der Waals surface area contributed by atoms with Crippen LogP contribution in [0.5, 0.6) is 0 Å². The van der Waals surface area contributed by atoms with Crippen LogP contribution in [-0.4, -0.2) is 33.3 Å². The maximum Gasteiger partial charge on any atom is 0.342 e. The summed E-state index contributed by atoms with van der Waals surface area (Å²) >= 11 is 0. The number of carbonyl (C=O) groups is 1. The second-order valence-corrected chi connectivity index (χ2v) is 4.78. The lowest BCUT2D eigenvalue weighted by Crippen LogP contribution is -2.32. The van der Waals surface area contributed by atoms with Gasteiger partial charge in [0.15, 0.2) is 0 Å². The van der Waals surface area contributed by atoms with E-state index in [-0.39, 0.29) is 12.2 Å². The Balaban J connectivity index is 3.09. The molecule has 19 heavy (non-hydrogen) atoms. The molecule has 1 aromatic carbocycles. The van der Waals surface area contributed by atoms with E-state index in [1.54, 1.807) is 0 Å². The van der Waals surface area contributed by atoms with E-state index in [4.69, 9.17) is 10.2 Å². The van der Waals surface area contributed by atoms with Crippen LogP contribution in [0.1, 0.15) is 30.6 Å². The molecule has 0 atom stereocenters. The van der Waals surface area contributed by atoms with Crippen LogP contribution in [-0.2, 0) is 0 Å². The molecule has 0 radical (unpaired) electrons. The van der Waals surface area contributed by atoms with Crippen LogP contribution in [0.25, 0.3) is 0 Å². The molecular formula is C12H16N2O5. The van der Waals surface area contributed by atoms with Crippen molar-refractivity contribution in [3.63, 3.8) is 0 Å². The van der Waals surface area contributed by atoms with Gasteiger partial charge >= 0.3 is 5.97 Å². The first-order valence-electron chi connectivity index (χ1n) is 5.67. The fourth-order valence-electron chi connectivity index (χ4n) is 1.68. The van der Waals surface area contributed by atoms with E-state index in [2.05, 4.69) is 5.32 Å². The van der Waals surface area contributed by atoms with Gasteiger partial charge in [-0.15, -0.1) is 0 Å². The molecule has 0 unspecified atom stereocenters. The number of aliphatic hydroxyl groups is 1. The Kier molecular flexibility index (Phi) is 4.44. The Labute approximate surface area is 110 Å². The van der Waals surface area contributed by atoms with E-state index in [1.807, 2.05) is 13.8 Å². The number of anilines is 1. The summed E-state index contributed by atoms with van der Waals surface area (Å²) in [6.45, 7) is 3.66. The summed E-state index contributed by atoms with van der Waals surface area (Å²) < 4.78 is 0. The molecule has 0 aliphatic heterocycles. The van der Waals surface area contributed by atoms with Gasteiger partial charge in [0.05, 0.1) is 4.92 Å². The average Bonchev–Trinajstić information content (AvgIpc) is 2.27. The molecule has 3 N–H and O–H groups in total. The largest absolute Gasteiger partial charge is 0.477 e. The molecule has 0 fully saturated rings. The number of nitrogens with zero attached hydrogens (tertiary/aromatic N) is 1. The third-order valence-corrected chi connectivity index (χ3v) is 2.64. The number of aliphatic hydroxyl groups excluding tert-OH is 1. The zero-order chi connectivity index (χ0) is 14.6. The van der Waals surface area contributed by atoms with Gasteiger partial charge in [0.2, 0.25) is 0 Å². The molecule has 0 spiro atoms. The molecule has 0 heterocycles. The van der Waals surface area contributed by atoms with Gasteiger partial charge in [0.25, 0.3) is 5.69 Å². The number of nitro benzene ring substituents is 1. The van der Waals surface area contributed by atoms with E-state index >= 15 is 0 Å². The van der Waals surface area contributed by atoms with Crippen LogP contribution in [0, 0.1) is 10.1 Å². The van der Waals surface area contributed by atoms with E-state index in [0.29, 0.717) is 12.1 Å². The number of nitro groups is 1. The molecule has 1 aromatic rings. The normalized spacial score (nSPS) is 11.1. The summed E-state index contributed by atoms with van der Waals surface area (Å²) in [6.07, 6.45) is 0.465. The van der Waals surface area contributed by atoms with Gasteiger partial charge in [0.1, 0.15) is 5.56 Å². The summed E-state index contributed by atoms with van der Waals surface area (Å²) in [4.78, 5) is 21.0. The quantitative estimate of drug-likeness (QED) is 0.536. The number of nitrogens with one attached hydrogen (secondary N) is 1. The molecule has 0 saturated carbocycles. The highest BCUT2D eigenvalue weighted by Gasteiger charge is 2.22. The van der Waals surface area contributed by atoms with Crippen molar-refractivity contribution in [1.29, 1.82) is 0 Å². The van der Waals surface area contributed by atoms with Crippen LogP contribution >= 0.6 is 0 Å². The predicted octanol–water partition coefficient (Wildman–Crippen LogP) is 1.87. The molecule has 0 aromatic heterocycles. The van der Waals surface area contributed by atoms with Crippen LogP contribution in [0.4, 0.5) is 11.4 Å². The van der Waals surface area contributed by atoms with Crippen LogP contribution in [0.2, 0.25) is 0 Å². The number of hydrogen-bond acceptors (Lipinski definition) is 5. The molecule has 0 aliphatic rings. The molecular weight excluding hydrogens is 252 g/mol. The third kappa shape index (κ3) is 3.92. The van der Waals surface area contributed by atoms with Crippen molar-refractivity contribution in [2.24, 2.45) is 0 Å². The van der Waals surface area contributed by atoms with Crippen molar-refractivity contribution in [3.8, 4) is 0 Å².